The zero-order valence-corrected chi connectivity index (χ0v) is 16.3. The summed E-state index contributed by atoms with van der Waals surface area (Å²) in [5.41, 5.74) is 4.14. The number of hydrogen-bond acceptors (Lipinski definition) is 5. The molecule has 0 aliphatic rings. The first-order valence-electron chi connectivity index (χ1n) is 9.36. The Labute approximate surface area is 168 Å². The lowest BCUT2D eigenvalue weighted by Crippen LogP contribution is -2.26. The fourth-order valence-corrected chi connectivity index (χ4v) is 3.18. The molecule has 0 aliphatic heterocycles. The molecule has 0 atom stereocenters. The van der Waals surface area contributed by atoms with Crippen LogP contribution in [0.2, 0.25) is 0 Å². The van der Waals surface area contributed by atoms with Crippen molar-refractivity contribution in [2.45, 2.75) is 20.3 Å². The molecule has 4 aromatic rings. The van der Waals surface area contributed by atoms with Crippen molar-refractivity contribution >= 4 is 5.91 Å². The zero-order chi connectivity index (χ0) is 20.2. The van der Waals surface area contributed by atoms with Crippen molar-refractivity contribution in [2.24, 2.45) is 0 Å². The Hall–Kier alpha value is -3.81. The lowest BCUT2D eigenvalue weighted by molar-refractivity contribution is 0.0948. The summed E-state index contributed by atoms with van der Waals surface area (Å²) in [6.45, 7) is 4.46. The van der Waals surface area contributed by atoms with Crippen molar-refractivity contribution in [1.29, 1.82) is 0 Å². The Bertz CT molecular complexity index is 1120. The van der Waals surface area contributed by atoms with Crippen LogP contribution in [0.25, 0.3) is 11.5 Å². The minimum atomic E-state index is -0.250. The molecule has 8 nitrogen and oxygen atoms in total. The molecular weight excluding hydrogens is 366 g/mol. The fraction of sp³-hybridized carbons (Fsp3) is 0.190. The normalized spacial score (nSPS) is 10.8. The van der Waals surface area contributed by atoms with Crippen LogP contribution in [-0.4, -0.2) is 42.2 Å². The van der Waals surface area contributed by atoms with Crippen LogP contribution < -0.4 is 5.32 Å². The Morgan fingerprint density at radius 3 is 2.59 bits per heavy atom. The largest absolute Gasteiger partial charge is 0.350 e. The highest BCUT2D eigenvalue weighted by atomic mass is 16.2. The van der Waals surface area contributed by atoms with E-state index in [0.717, 1.165) is 28.5 Å². The molecule has 0 saturated carbocycles. The van der Waals surface area contributed by atoms with Crippen LogP contribution in [-0.2, 0) is 6.42 Å². The zero-order valence-electron chi connectivity index (χ0n) is 16.3. The van der Waals surface area contributed by atoms with Gasteiger partial charge in [0.1, 0.15) is 0 Å². The van der Waals surface area contributed by atoms with Crippen LogP contribution in [0.5, 0.6) is 0 Å². The first-order chi connectivity index (χ1) is 14.1. The maximum atomic E-state index is 12.4. The minimum absolute atomic E-state index is 0.250. The van der Waals surface area contributed by atoms with E-state index >= 15 is 0 Å². The van der Waals surface area contributed by atoms with E-state index in [2.05, 4.69) is 25.6 Å². The molecule has 0 bridgehead atoms. The molecule has 1 amide bonds. The molecule has 1 N–H and O–H groups in total. The molecule has 4 rings (SSSR count). The van der Waals surface area contributed by atoms with E-state index in [1.54, 1.807) is 6.20 Å². The highest BCUT2D eigenvalue weighted by Gasteiger charge is 2.15. The van der Waals surface area contributed by atoms with Gasteiger partial charge in [0.2, 0.25) is 0 Å². The van der Waals surface area contributed by atoms with Gasteiger partial charge in [-0.3, -0.25) is 4.79 Å². The Balaban J connectivity index is 1.40. The van der Waals surface area contributed by atoms with Gasteiger partial charge < -0.3 is 5.32 Å². The van der Waals surface area contributed by atoms with E-state index < -0.39 is 0 Å². The predicted octanol–water partition coefficient (Wildman–Crippen LogP) is 2.44. The highest BCUT2D eigenvalue weighted by molar-refractivity contribution is 5.91. The number of carbonyl (C=O) groups excluding carboxylic acids is 1. The Morgan fingerprint density at radius 1 is 1.03 bits per heavy atom. The molecular formula is C21H21N7O. The number of nitrogens with zero attached hydrogens (tertiary/aromatic N) is 6. The maximum absolute atomic E-state index is 12.4. The second kappa shape index (κ2) is 8.05. The lowest BCUT2D eigenvalue weighted by Gasteiger charge is -2.05. The third-order valence-electron chi connectivity index (χ3n) is 4.68. The predicted molar refractivity (Wildman–Crippen MR) is 108 cm³/mol. The summed E-state index contributed by atoms with van der Waals surface area (Å²) in [6.07, 6.45) is 3.88. The van der Waals surface area contributed by atoms with Crippen molar-refractivity contribution in [2.75, 3.05) is 6.54 Å². The molecule has 0 fully saturated rings. The van der Waals surface area contributed by atoms with Crippen molar-refractivity contribution in [3.8, 4) is 11.5 Å². The van der Waals surface area contributed by atoms with Crippen molar-refractivity contribution < 1.29 is 4.79 Å². The number of amides is 1. The number of pyridine rings is 1. The Kier molecular flexibility index (Phi) is 5.15. The van der Waals surface area contributed by atoms with Gasteiger partial charge in [0.05, 0.1) is 17.6 Å². The van der Waals surface area contributed by atoms with Gasteiger partial charge in [-0.2, -0.15) is 15.0 Å². The van der Waals surface area contributed by atoms with Gasteiger partial charge in [0.15, 0.2) is 11.5 Å². The quantitative estimate of drug-likeness (QED) is 0.549. The molecule has 0 unspecified atom stereocenters. The second-order valence-corrected chi connectivity index (χ2v) is 6.61. The van der Waals surface area contributed by atoms with Crippen molar-refractivity contribution in [1.82, 2.24) is 35.1 Å². The number of carbonyl (C=O) groups is 1. The van der Waals surface area contributed by atoms with E-state index in [0.29, 0.717) is 13.0 Å². The van der Waals surface area contributed by atoms with E-state index in [1.165, 1.54) is 11.0 Å². The molecule has 3 aromatic heterocycles. The van der Waals surface area contributed by atoms with Crippen LogP contribution in [0.15, 0.2) is 60.9 Å². The number of aromatic nitrogens is 6. The van der Waals surface area contributed by atoms with Crippen LogP contribution in [0, 0.1) is 13.8 Å². The molecule has 0 aliphatic carbocycles. The minimum Gasteiger partial charge on any atom is -0.350 e. The van der Waals surface area contributed by atoms with Gasteiger partial charge in [-0.05, 0) is 50.1 Å². The second-order valence-electron chi connectivity index (χ2n) is 6.61. The highest BCUT2D eigenvalue weighted by Crippen LogP contribution is 2.17. The smallest absolute Gasteiger partial charge is 0.273 e. The first-order valence-corrected chi connectivity index (χ1v) is 9.36. The van der Waals surface area contributed by atoms with E-state index in [-0.39, 0.29) is 11.6 Å². The van der Waals surface area contributed by atoms with Crippen LogP contribution in [0.3, 0.4) is 0 Å². The van der Waals surface area contributed by atoms with Gasteiger partial charge >= 0.3 is 0 Å². The first kappa shape index (κ1) is 18.5. The summed E-state index contributed by atoms with van der Waals surface area (Å²) in [4.78, 5) is 18.2. The number of nitrogens with one attached hydrogen (secondary N) is 1. The van der Waals surface area contributed by atoms with E-state index in [1.807, 2.05) is 67.1 Å². The summed E-state index contributed by atoms with van der Waals surface area (Å²) in [6, 6.07) is 15.2. The third-order valence-corrected chi connectivity index (χ3v) is 4.68. The summed E-state index contributed by atoms with van der Waals surface area (Å²) in [7, 11) is 0. The monoisotopic (exact) mass is 387 g/mol. The Morgan fingerprint density at radius 2 is 1.83 bits per heavy atom. The molecule has 0 saturated heterocycles. The van der Waals surface area contributed by atoms with Gasteiger partial charge in [0.25, 0.3) is 5.91 Å². The van der Waals surface area contributed by atoms with Crippen LogP contribution in [0.4, 0.5) is 0 Å². The maximum Gasteiger partial charge on any atom is 0.273 e. The molecule has 0 radical (unpaired) electrons. The molecule has 3 heterocycles. The van der Waals surface area contributed by atoms with E-state index in [9.17, 15) is 4.79 Å². The standard InChI is InChI=1S/C21H21N7O/c1-15-18(16(2)27(25-15)20-10-6-7-12-22-20)11-13-23-21(29)19-14-24-28(26-19)17-8-4-3-5-9-17/h3-10,12,14H,11,13H2,1-2H3,(H,23,29). The summed E-state index contributed by atoms with van der Waals surface area (Å²) >= 11 is 0. The van der Waals surface area contributed by atoms with Crippen LogP contribution >= 0.6 is 0 Å². The molecule has 29 heavy (non-hydrogen) atoms. The summed E-state index contributed by atoms with van der Waals surface area (Å²) in [5.74, 6) is 0.528. The van der Waals surface area contributed by atoms with E-state index in [4.69, 9.17) is 0 Å². The number of rotatable bonds is 6. The molecule has 1 aromatic carbocycles. The average molecular weight is 387 g/mol. The van der Waals surface area contributed by atoms with Gasteiger partial charge in [0, 0.05) is 18.4 Å². The summed E-state index contributed by atoms with van der Waals surface area (Å²) in [5, 5.41) is 15.9. The number of aryl methyl sites for hydroxylation is 1. The lowest BCUT2D eigenvalue weighted by atomic mass is 10.1. The SMILES string of the molecule is Cc1nn(-c2ccccn2)c(C)c1CCNC(=O)c1cnn(-c2ccccc2)n1. The van der Waals surface area contributed by atoms with Crippen molar-refractivity contribution in [3.63, 3.8) is 0 Å². The van der Waals surface area contributed by atoms with Crippen LogP contribution in [0.1, 0.15) is 27.4 Å². The van der Waals surface area contributed by atoms with Crippen molar-refractivity contribution in [3.05, 3.63) is 83.6 Å². The van der Waals surface area contributed by atoms with Gasteiger partial charge in [-0.1, -0.05) is 24.3 Å². The molecule has 0 spiro atoms. The average Bonchev–Trinajstić information content (AvgIpc) is 3.36. The molecule has 8 heteroatoms. The molecule has 146 valence electrons. The fourth-order valence-electron chi connectivity index (χ4n) is 3.18. The van der Waals surface area contributed by atoms with Gasteiger partial charge in [-0.25, -0.2) is 9.67 Å². The number of benzene rings is 1. The summed E-state index contributed by atoms with van der Waals surface area (Å²) < 4.78 is 1.83. The van der Waals surface area contributed by atoms with Gasteiger partial charge in [-0.15, -0.1) is 5.10 Å². The third kappa shape index (κ3) is 3.91. The topological polar surface area (TPSA) is 90.5 Å². The number of para-hydroxylation sites is 1. The number of hydrogen-bond donors (Lipinski definition) is 1.